The van der Waals surface area contributed by atoms with Gasteiger partial charge in [-0.2, -0.15) is 0 Å². The van der Waals surface area contributed by atoms with Crippen molar-refractivity contribution >= 4 is 35.2 Å². The largest absolute Gasteiger partial charge is 0.464 e. The predicted octanol–water partition coefficient (Wildman–Crippen LogP) is 3.34. The Morgan fingerprint density at radius 1 is 1.27 bits per heavy atom. The Morgan fingerprint density at radius 2 is 2.00 bits per heavy atom. The average molecular weight is 378 g/mol. The van der Waals surface area contributed by atoms with Crippen molar-refractivity contribution in [1.29, 1.82) is 0 Å². The highest BCUT2D eigenvalue weighted by Crippen LogP contribution is 2.37. The summed E-state index contributed by atoms with van der Waals surface area (Å²) in [6, 6.07) is 7.36. The van der Waals surface area contributed by atoms with Crippen molar-refractivity contribution in [2.45, 2.75) is 44.9 Å². The lowest BCUT2D eigenvalue weighted by Crippen LogP contribution is -2.41. The molecular formula is C19H26N2O4S. The van der Waals surface area contributed by atoms with Gasteiger partial charge in [-0.1, -0.05) is 31.9 Å². The standard InChI is InChI=1S/C19H26N2O4S/c1-3-4-5-11-25-18(24)13-21-17(23)10-12-26-19(21)15-6-8-16(9-7-15)20-14(2)22/h6-9,19H,3-5,10-13H2,1-2H3,(H,20,22). The van der Waals surface area contributed by atoms with E-state index in [1.165, 1.54) is 6.92 Å². The summed E-state index contributed by atoms with van der Waals surface area (Å²) in [7, 11) is 0. The number of anilines is 1. The minimum atomic E-state index is -0.364. The van der Waals surface area contributed by atoms with Crippen LogP contribution >= 0.6 is 11.8 Å². The van der Waals surface area contributed by atoms with Crippen LogP contribution in [-0.4, -0.2) is 41.6 Å². The van der Waals surface area contributed by atoms with Crippen LogP contribution in [0.4, 0.5) is 5.69 Å². The number of nitrogens with zero attached hydrogens (tertiary/aromatic N) is 1. The van der Waals surface area contributed by atoms with Crippen LogP contribution in [-0.2, 0) is 19.1 Å². The topological polar surface area (TPSA) is 75.7 Å². The molecule has 1 N–H and O–H groups in total. The molecule has 1 aromatic rings. The first kappa shape index (κ1) is 20.3. The zero-order chi connectivity index (χ0) is 18.9. The van der Waals surface area contributed by atoms with Gasteiger partial charge in [0.05, 0.1) is 6.61 Å². The fourth-order valence-corrected chi connectivity index (χ4v) is 3.96. The number of unbranched alkanes of at least 4 members (excludes halogenated alkanes) is 2. The van der Waals surface area contributed by atoms with Crippen molar-refractivity contribution in [3.05, 3.63) is 29.8 Å². The number of carbonyl (C=O) groups excluding carboxylic acids is 3. The van der Waals surface area contributed by atoms with Crippen molar-refractivity contribution in [3.63, 3.8) is 0 Å². The second kappa shape index (κ2) is 10.2. The van der Waals surface area contributed by atoms with Gasteiger partial charge in [0, 0.05) is 24.8 Å². The number of carbonyl (C=O) groups is 3. The highest BCUT2D eigenvalue weighted by atomic mass is 32.2. The smallest absolute Gasteiger partial charge is 0.325 e. The molecule has 1 unspecified atom stereocenters. The van der Waals surface area contributed by atoms with Gasteiger partial charge in [0.1, 0.15) is 11.9 Å². The SMILES string of the molecule is CCCCCOC(=O)CN1C(=O)CCSC1c1ccc(NC(C)=O)cc1. The molecule has 1 atom stereocenters. The van der Waals surface area contributed by atoms with E-state index in [9.17, 15) is 14.4 Å². The predicted molar refractivity (Wildman–Crippen MR) is 103 cm³/mol. The fraction of sp³-hybridized carbons (Fsp3) is 0.526. The molecule has 1 fully saturated rings. The van der Waals surface area contributed by atoms with Gasteiger partial charge in [-0.05, 0) is 24.1 Å². The highest BCUT2D eigenvalue weighted by molar-refractivity contribution is 7.99. The lowest BCUT2D eigenvalue weighted by molar-refractivity contribution is -0.150. The van der Waals surface area contributed by atoms with Crippen LogP contribution in [0.15, 0.2) is 24.3 Å². The van der Waals surface area contributed by atoms with Crippen LogP contribution in [0.2, 0.25) is 0 Å². The molecule has 0 spiro atoms. The highest BCUT2D eigenvalue weighted by Gasteiger charge is 2.31. The summed E-state index contributed by atoms with van der Waals surface area (Å²) >= 11 is 1.63. The number of nitrogens with one attached hydrogen (secondary N) is 1. The van der Waals surface area contributed by atoms with E-state index in [0.29, 0.717) is 18.7 Å². The number of hydrogen-bond acceptors (Lipinski definition) is 5. The van der Waals surface area contributed by atoms with Crippen LogP contribution in [0.25, 0.3) is 0 Å². The number of rotatable bonds is 8. The van der Waals surface area contributed by atoms with Gasteiger partial charge in [0.2, 0.25) is 11.8 Å². The van der Waals surface area contributed by atoms with E-state index in [2.05, 4.69) is 12.2 Å². The first-order valence-electron chi connectivity index (χ1n) is 8.95. The summed E-state index contributed by atoms with van der Waals surface area (Å²) in [6.45, 7) is 3.92. The van der Waals surface area contributed by atoms with Crippen molar-refractivity contribution in [1.82, 2.24) is 4.90 Å². The van der Waals surface area contributed by atoms with Crippen molar-refractivity contribution in [2.75, 3.05) is 24.2 Å². The minimum absolute atomic E-state index is 0.0317. The lowest BCUT2D eigenvalue weighted by atomic mass is 10.1. The van der Waals surface area contributed by atoms with Crippen LogP contribution in [0.1, 0.15) is 50.5 Å². The molecule has 2 rings (SSSR count). The molecule has 1 heterocycles. The minimum Gasteiger partial charge on any atom is -0.464 e. The zero-order valence-corrected chi connectivity index (χ0v) is 16.1. The monoisotopic (exact) mass is 378 g/mol. The molecule has 0 aliphatic carbocycles. The molecule has 1 aromatic carbocycles. The third-order valence-electron chi connectivity index (χ3n) is 4.02. The summed E-state index contributed by atoms with van der Waals surface area (Å²) in [6.07, 6.45) is 3.36. The second-order valence-electron chi connectivity index (χ2n) is 6.23. The molecule has 26 heavy (non-hydrogen) atoms. The maximum atomic E-state index is 12.4. The molecular weight excluding hydrogens is 352 g/mol. The maximum Gasteiger partial charge on any atom is 0.325 e. The Bertz CT molecular complexity index is 633. The Kier molecular flexibility index (Phi) is 7.97. The number of ether oxygens (including phenoxy) is 1. The Hall–Kier alpha value is -2.02. The van der Waals surface area contributed by atoms with Crippen LogP contribution < -0.4 is 5.32 Å². The Labute approximate surface area is 158 Å². The third kappa shape index (κ3) is 6.05. The van der Waals surface area contributed by atoms with Crippen LogP contribution in [0, 0.1) is 0 Å². The van der Waals surface area contributed by atoms with E-state index in [0.717, 1.165) is 30.6 Å². The summed E-state index contributed by atoms with van der Waals surface area (Å²) < 4.78 is 5.25. The van der Waals surface area contributed by atoms with E-state index in [1.54, 1.807) is 28.8 Å². The Morgan fingerprint density at radius 3 is 2.65 bits per heavy atom. The maximum absolute atomic E-state index is 12.4. The number of amides is 2. The van der Waals surface area contributed by atoms with E-state index in [1.807, 2.05) is 12.1 Å². The number of hydrogen-bond donors (Lipinski definition) is 1. The molecule has 0 aromatic heterocycles. The van der Waals surface area contributed by atoms with E-state index >= 15 is 0 Å². The van der Waals surface area contributed by atoms with Gasteiger partial charge in [-0.3, -0.25) is 14.4 Å². The molecule has 0 bridgehead atoms. The van der Waals surface area contributed by atoms with Crippen LogP contribution in [0.3, 0.4) is 0 Å². The van der Waals surface area contributed by atoms with Gasteiger partial charge in [0.15, 0.2) is 0 Å². The third-order valence-corrected chi connectivity index (χ3v) is 5.30. The van der Waals surface area contributed by atoms with Gasteiger partial charge >= 0.3 is 5.97 Å². The number of benzene rings is 1. The van der Waals surface area contributed by atoms with Crippen LogP contribution in [0.5, 0.6) is 0 Å². The van der Waals surface area contributed by atoms with E-state index in [4.69, 9.17) is 4.74 Å². The van der Waals surface area contributed by atoms with Crippen molar-refractivity contribution in [2.24, 2.45) is 0 Å². The molecule has 1 aliphatic heterocycles. The van der Waals surface area contributed by atoms with E-state index in [-0.39, 0.29) is 29.7 Å². The molecule has 0 saturated carbocycles. The molecule has 2 amide bonds. The normalized spacial score (nSPS) is 17.1. The molecule has 7 heteroatoms. The molecule has 0 radical (unpaired) electrons. The number of esters is 1. The van der Waals surface area contributed by atoms with Crippen molar-refractivity contribution < 1.29 is 19.1 Å². The van der Waals surface area contributed by atoms with E-state index < -0.39 is 0 Å². The van der Waals surface area contributed by atoms with Crippen molar-refractivity contribution in [3.8, 4) is 0 Å². The average Bonchev–Trinajstić information content (AvgIpc) is 2.61. The summed E-state index contributed by atoms with van der Waals surface area (Å²) in [4.78, 5) is 37.2. The first-order valence-corrected chi connectivity index (χ1v) is 10.0. The first-order chi connectivity index (χ1) is 12.5. The molecule has 142 valence electrons. The summed E-state index contributed by atoms with van der Waals surface area (Å²) in [5, 5.41) is 2.50. The summed E-state index contributed by atoms with van der Waals surface area (Å²) in [5.41, 5.74) is 1.63. The fourth-order valence-electron chi connectivity index (χ4n) is 2.73. The molecule has 6 nitrogen and oxygen atoms in total. The lowest BCUT2D eigenvalue weighted by Gasteiger charge is -2.34. The van der Waals surface area contributed by atoms with Gasteiger partial charge in [-0.15, -0.1) is 11.8 Å². The van der Waals surface area contributed by atoms with Gasteiger partial charge in [0.25, 0.3) is 0 Å². The molecule has 1 aliphatic rings. The van der Waals surface area contributed by atoms with Gasteiger partial charge in [-0.25, -0.2) is 0 Å². The zero-order valence-electron chi connectivity index (χ0n) is 15.3. The second-order valence-corrected chi connectivity index (χ2v) is 7.41. The number of thioether (sulfide) groups is 1. The van der Waals surface area contributed by atoms with Gasteiger partial charge < -0.3 is 15.0 Å². The quantitative estimate of drug-likeness (QED) is 0.555. The molecule has 1 saturated heterocycles. The Balaban J connectivity index is 2.01. The summed E-state index contributed by atoms with van der Waals surface area (Å²) in [5.74, 6) is 0.188.